The lowest BCUT2D eigenvalue weighted by molar-refractivity contribution is 0.303. The SMILES string of the molecule is CCCCC[C@H]1CC[C@H](c2cccc(-c3ccccc3-c3cccc(C#N)c3F)c2)CC1. The van der Waals surface area contributed by atoms with Crippen molar-refractivity contribution in [3.8, 4) is 28.3 Å². The van der Waals surface area contributed by atoms with Gasteiger partial charge >= 0.3 is 0 Å². The number of benzene rings is 3. The van der Waals surface area contributed by atoms with E-state index < -0.39 is 5.82 Å². The number of rotatable bonds is 7. The van der Waals surface area contributed by atoms with Crippen LogP contribution in [0, 0.1) is 23.1 Å². The second-order valence-corrected chi connectivity index (χ2v) is 9.16. The fourth-order valence-corrected chi connectivity index (χ4v) is 5.22. The molecule has 3 aromatic rings. The molecule has 0 saturated heterocycles. The zero-order valence-electron chi connectivity index (χ0n) is 19.0. The van der Waals surface area contributed by atoms with Crippen LogP contribution in [0.1, 0.15) is 75.3 Å². The highest BCUT2D eigenvalue weighted by Crippen LogP contribution is 2.40. The fourth-order valence-electron chi connectivity index (χ4n) is 5.22. The summed E-state index contributed by atoms with van der Waals surface area (Å²) in [6, 6.07) is 23.7. The van der Waals surface area contributed by atoms with Gasteiger partial charge in [-0.1, -0.05) is 93.3 Å². The van der Waals surface area contributed by atoms with Gasteiger partial charge < -0.3 is 0 Å². The average Bonchev–Trinajstić information content (AvgIpc) is 2.85. The number of hydrogen-bond donors (Lipinski definition) is 0. The third-order valence-corrected chi connectivity index (χ3v) is 7.07. The second-order valence-electron chi connectivity index (χ2n) is 9.16. The largest absolute Gasteiger partial charge is 0.205 e. The van der Waals surface area contributed by atoms with Gasteiger partial charge in [0.15, 0.2) is 0 Å². The van der Waals surface area contributed by atoms with Gasteiger partial charge in [-0.15, -0.1) is 0 Å². The molecule has 0 amide bonds. The Bertz CT molecular complexity index is 1090. The predicted octanol–water partition coefficient (Wildman–Crippen LogP) is 8.89. The summed E-state index contributed by atoms with van der Waals surface area (Å²) in [5, 5.41) is 9.25. The summed E-state index contributed by atoms with van der Waals surface area (Å²) in [7, 11) is 0. The van der Waals surface area contributed by atoms with Crippen LogP contribution in [0.25, 0.3) is 22.3 Å². The van der Waals surface area contributed by atoms with E-state index in [1.807, 2.05) is 24.3 Å². The van der Waals surface area contributed by atoms with Crippen molar-refractivity contribution in [2.45, 2.75) is 64.2 Å². The summed E-state index contributed by atoms with van der Waals surface area (Å²) in [6.07, 6.45) is 10.6. The van der Waals surface area contributed by atoms with Crippen LogP contribution in [0.15, 0.2) is 66.7 Å². The van der Waals surface area contributed by atoms with Crippen LogP contribution in [0.2, 0.25) is 0 Å². The average molecular weight is 426 g/mol. The van der Waals surface area contributed by atoms with Crippen LogP contribution in [0.5, 0.6) is 0 Å². The van der Waals surface area contributed by atoms with Gasteiger partial charge in [-0.05, 0) is 65.8 Å². The van der Waals surface area contributed by atoms with E-state index in [0.717, 1.165) is 22.6 Å². The summed E-state index contributed by atoms with van der Waals surface area (Å²) >= 11 is 0. The quantitative estimate of drug-likeness (QED) is 0.347. The summed E-state index contributed by atoms with van der Waals surface area (Å²) in [6.45, 7) is 2.27. The summed E-state index contributed by atoms with van der Waals surface area (Å²) in [5.74, 6) is 1.07. The van der Waals surface area contributed by atoms with Crippen molar-refractivity contribution in [3.63, 3.8) is 0 Å². The minimum atomic E-state index is -0.444. The summed E-state index contributed by atoms with van der Waals surface area (Å²) in [5.41, 5.74) is 4.93. The molecule has 4 rings (SSSR count). The number of nitriles is 1. The first-order valence-electron chi connectivity index (χ1n) is 12.1. The third-order valence-electron chi connectivity index (χ3n) is 7.07. The monoisotopic (exact) mass is 425 g/mol. The van der Waals surface area contributed by atoms with E-state index >= 15 is 0 Å². The van der Waals surface area contributed by atoms with E-state index in [1.54, 1.807) is 12.1 Å². The first kappa shape index (κ1) is 22.3. The maximum absolute atomic E-state index is 14.9. The molecule has 1 nitrogen and oxygen atoms in total. The number of hydrogen-bond acceptors (Lipinski definition) is 1. The molecular formula is C30H32FN. The molecule has 0 aromatic heterocycles. The standard InChI is InChI=1S/C30H32FN/c1-2-3-4-9-22-16-18-23(19-17-22)24-10-7-11-25(20-24)27-13-5-6-14-28(27)29-15-8-12-26(21-32)30(29)31/h5-8,10-15,20,22-23H,2-4,9,16-19H2,1H3/t22-,23-. The normalized spacial score (nSPS) is 18.3. The van der Waals surface area contributed by atoms with Crippen LogP contribution >= 0.6 is 0 Å². The van der Waals surface area contributed by atoms with E-state index in [2.05, 4.69) is 37.3 Å². The lowest BCUT2D eigenvalue weighted by Crippen LogP contribution is -2.13. The van der Waals surface area contributed by atoms with Crippen molar-refractivity contribution < 1.29 is 4.39 Å². The molecule has 32 heavy (non-hydrogen) atoms. The van der Waals surface area contributed by atoms with Gasteiger partial charge in [-0.3, -0.25) is 0 Å². The Hall–Kier alpha value is -2.92. The molecule has 2 heteroatoms. The topological polar surface area (TPSA) is 23.8 Å². The second kappa shape index (κ2) is 10.6. The maximum Gasteiger partial charge on any atom is 0.148 e. The van der Waals surface area contributed by atoms with E-state index in [-0.39, 0.29) is 5.56 Å². The van der Waals surface area contributed by atoms with Crippen molar-refractivity contribution in [1.29, 1.82) is 5.26 Å². The molecular weight excluding hydrogens is 393 g/mol. The van der Waals surface area contributed by atoms with Gasteiger partial charge in [0.2, 0.25) is 0 Å². The molecule has 0 bridgehead atoms. The van der Waals surface area contributed by atoms with Gasteiger partial charge in [-0.2, -0.15) is 5.26 Å². The first-order chi connectivity index (χ1) is 15.7. The number of unbranched alkanes of at least 4 members (excludes halogenated alkanes) is 2. The van der Waals surface area contributed by atoms with E-state index in [1.165, 1.54) is 63.0 Å². The highest BCUT2D eigenvalue weighted by molar-refractivity contribution is 5.84. The molecule has 1 fully saturated rings. The smallest absolute Gasteiger partial charge is 0.148 e. The minimum Gasteiger partial charge on any atom is -0.205 e. The lowest BCUT2D eigenvalue weighted by atomic mass is 9.76. The first-order valence-corrected chi connectivity index (χ1v) is 12.1. The molecule has 164 valence electrons. The molecule has 0 radical (unpaired) electrons. The Morgan fingerprint density at radius 2 is 1.56 bits per heavy atom. The molecule has 1 aliphatic rings. The Labute approximate surface area is 191 Å². The van der Waals surface area contributed by atoms with Crippen molar-refractivity contribution in [1.82, 2.24) is 0 Å². The van der Waals surface area contributed by atoms with Gasteiger partial charge in [0.1, 0.15) is 11.9 Å². The van der Waals surface area contributed by atoms with Gasteiger partial charge in [0, 0.05) is 5.56 Å². The molecule has 0 aliphatic heterocycles. The molecule has 0 spiro atoms. The van der Waals surface area contributed by atoms with Crippen molar-refractivity contribution in [2.24, 2.45) is 5.92 Å². The van der Waals surface area contributed by atoms with Crippen molar-refractivity contribution in [2.75, 3.05) is 0 Å². The van der Waals surface area contributed by atoms with Gasteiger partial charge in [-0.25, -0.2) is 4.39 Å². The predicted molar refractivity (Wildman–Crippen MR) is 131 cm³/mol. The molecule has 1 aliphatic carbocycles. The van der Waals surface area contributed by atoms with E-state index in [0.29, 0.717) is 11.5 Å². The molecule has 3 aromatic carbocycles. The highest BCUT2D eigenvalue weighted by atomic mass is 19.1. The summed E-state index contributed by atoms with van der Waals surface area (Å²) in [4.78, 5) is 0. The Morgan fingerprint density at radius 3 is 2.31 bits per heavy atom. The zero-order valence-corrected chi connectivity index (χ0v) is 19.0. The molecule has 0 N–H and O–H groups in total. The zero-order chi connectivity index (χ0) is 22.3. The van der Waals surface area contributed by atoms with Crippen molar-refractivity contribution >= 4 is 0 Å². The van der Waals surface area contributed by atoms with Crippen LogP contribution in [-0.2, 0) is 0 Å². The Balaban J connectivity index is 1.57. The van der Waals surface area contributed by atoms with Gasteiger partial charge in [0.25, 0.3) is 0 Å². The molecule has 1 saturated carbocycles. The van der Waals surface area contributed by atoms with Crippen molar-refractivity contribution in [3.05, 3.63) is 83.7 Å². The summed E-state index contributed by atoms with van der Waals surface area (Å²) < 4.78 is 14.9. The molecule has 0 unspecified atom stereocenters. The van der Waals surface area contributed by atoms with Crippen LogP contribution in [0.3, 0.4) is 0 Å². The Kier molecular flexibility index (Phi) is 7.38. The Morgan fingerprint density at radius 1 is 0.844 bits per heavy atom. The third kappa shape index (κ3) is 4.94. The van der Waals surface area contributed by atoms with Crippen LogP contribution in [-0.4, -0.2) is 0 Å². The van der Waals surface area contributed by atoms with E-state index in [9.17, 15) is 9.65 Å². The molecule has 0 atom stereocenters. The van der Waals surface area contributed by atoms with E-state index in [4.69, 9.17) is 0 Å². The minimum absolute atomic E-state index is 0.0850. The van der Waals surface area contributed by atoms with Gasteiger partial charge in [0.05, 0.1) is 5.56 Å². The fraction of sp³-hybridized carbons (Fsp3) is 0.367. The van der Waals surface area contributed by atoms with Crippen LogP contribution in [0.4, 0.5) is 4.39 Å². The lowest BCUT2D eigenvalue weighted by Gasteiger charge is -2.29. The highest BCUT2D eigenvalue weighted by Gasteiger charge is 2.22. The van der Waals surface area contributed by atoms with Crippen LogP contribution < -0.4 is 0 Å². The number of nitrogens with zero attached hydrogens (tertiary/aromatic N) is 1. The maximum atomic E-state index is 14.9. The molecule has 0 heterocycles. The number of halogens is 1.